The van der Waals surface area contributed by atoms with Crippen molar-refractivity contribution in [1.82, 2.24) is 0 Å². The molecule has 0 amide bonds. The summed E-state index contributed by atoms with van der Waals surface area (Å²) in [6.45, 7) is 14.7. The molecule has 0 spiro atoms. The minimum absolute atomic E-state index is 0.543. The van der Waals surface area contributed by atoms with E-state index < -0.39 is 0 Å². The minimum atomic E-state index is 0.543. The van der Waals surface area contributed by atoms with Gasteiger partial charge in [-0.25, -0.2) is 0 Å². The van der Waals surface area contributed by atoms with E-state index in [1.807, 2.05) is 0 Å². The van der Waals surface area contributed by atoms with Crippen molar-refractivity contribution in [2.45, 2.75) is 25.7 Å². The van der Waals surface area contributed by atoms with E-state index >= 15 is 0 Å². The van der Waals surface area contributed by atoms with Crippen LogP contribution in [0.4, 0.5) is 0 Å². The van der Waals surface area contributed by atoms with Gasteiger partial charge in [0.2, 0.25) is 0 Å². The van der Waals surface area contributed by atoms with E-state index in [2.05, 4.69) is 26.3 Å². The number of hydrogen-bond acceptors (Lipinski definition) is 3. The molecule has 0 fully saturated rings. The summed E-state index contributed by atoms with van der Waals surface area (Å²) in [5.41, 5.74) is 13.2. The van der Waals surface area contributed by atoms with Crippen molar-refractivity contribution < 1.29 is 4.74 Å². The first-order valence-electron chi connectivity index (χ1n) is 6.17. The molecule has 0 aliphatic heterocycles. The first-order chi connectivity index (χ1) is 9.10. The van der Waals surface area contributed by atoms with Crippen LogP contribution in [0.5, 0.6) is 0 Å². The lowest BCUT2D eigenvalue weighted by molar-refractivity contribution is 0.280. The number of hydrogen-bond donors (Lipinski definition) is 2. The topological polar surface area (TPSA) is 61.3 Å². The predicted octanol–water partition coefficient (Wildman–Crippen LogP) is 3.65. The average molecular weight is 260 g/mol. The van der Waals surface area contributed by atoms with E-state index in [4.69, 9.17) is 16.2 Å². The van der Waals surface area contributed by atoms with Gasteiger partial charge < -0.3 is 16.2 Å². The molecule has 3 heteroatoms. The standard InChI is InChI=1S/C16H24N2O/c1-5-9-13(17)15(11-7-3)19-16(12-8-4)14(18)10-6-2/h5-8H,1-4,9-12,17-18H2/b15-13+,16-14+. The lowest BCUT2D eigenvalue weighted by atomic mass is 10.2. The van der Waals surface area contributed by atoms with Gasteiger partial charge in [0.05, 0.1) is 11.4 Å². The number of ether oxygens (including phenoxy) is 1. The fourth-order valence-corrected chi connectivity index (χ4v) is 1.43. The Balaban J connectivity index is 5.25. The van der Waals surface area contributed by atoms with Crippen LogP contribution in [0.3, 0.4) is 0 Å². The van der Waals surface area contributed by atoms with Crippen LogP contribution in [0.15, 0.2) is 73.5 Å². The Labute approximate surface area is 116 Å². The summed E-state index contributed by atoms with van der Waals surface area (Å²) < 4.78 is 5.83. The van der Waals surface area contributed by atoms with Crippen molar-refractivity contribution in [3.63, 3.8) is 0 Å². The molecule has 0 aromatic carbocycles. The molecule has 0 aromatic heterocycles. The zero-order chi connectivity index (χ0) is 14.7. The Hall–Kier alpha value is -2.16. The highest BCUT2D eigenvalue weighted by Gasteiger charge is 2.09. The van der Waals surface area contributed by atoms with Crippen LogP contribution in [0, 0.1) is 0 Å². The van der Waals surface area contributed by atoms with E-state index in [9.17, 15) is 0 Å². The largest absolute Gasteiger partial charge is 0.462 e. The van der Waals surface area contributed by atoms with Crippen LogP contribution >= 0.6 is 0 Å². The second-order valence-corrected chi connectivity index (χ2v) is 3.97. The lowest BCUT2D eigenvalue weighted by Crippen LogP contribution is -2.09. The molecule has 0 aliphatic rings. The molecule has 3 nitrogen and oxygen atoms in total. The Kier molecular flexibility index (Phi) is 8.71. The molecule has 0 radical (unpaired) electrons. The summed E-state index contributed by atoms with van der Waals surface area (Å²) in [6.07, 6.45) is 9.14. The summed E-state index contributed by atoms with van der Waals surface area (Å²) in [6, 6.07) is 0. The van der Waals surface area contributed by atoms with E-state index in [1.54, 1.807) is 24.3 Å². The van der Waals surface area contributed by atoms with Crippen LogP contribution in [0.1, 0.15) is 25.7 Å². The smallest absolute Gasteiger partial charge is 0.126 e. The minimum Gasteiger partial charge on any atom is -0.462 e. The molecule has 0 heterocycles. The quantitative estimate of drug-likeness (QED) is 0.465. The molecular weight excluding hydrogens is 236 g/mol. The van der Waals surface area contributed by atoms with Crippen LogP contribution in [0.2, 0.25) is 0 Å². The monoisotopic (exact) mass is 260 g/mol. The van der Waals surface area contributed by atoms with Crippen molar-refractivity contribution in [2.24, 2.45) is 11.5 Å². The Morgan fingerprint density at radius 2 is 1.00 bits per heavy atom. The SMILES string of the molecule is C=CC/C(N)=C(/CC=C)O/C(CC=C)=C(/N)CC=C. The fourth-order valence-electron chi connectivity index (χ4n) is 1.43. The van der Waals surface area contributed by atoms with Crippen molar-refractivity contribution in [3.05, 3.63) is 73.5 Å². The Morgan fingerprint density at radius 3 is 1.26 bits per heavy atom. The molecule has 0 rings (SSSR count). The third-order valence-electron chi connectivity index (χ3n) is 2.35. The maximum atomic E-state index is 5.96. The maximum absolute atomic E-state index is 5.96. The highest BCUT2D eigenvalue weighted by molar-refractivity contribution is 5.17. The van der Waals surface area contributed by atoms with E-state index in [-0.39, 0.29) is 0 Å². The van der Waals surface area contributed by atoms with Crippen LogP contribution < -0.4 is 11.5 Å². The van der Waals surface area contributed by atoms with Gasteiger partial charge >= 0.3 is 0 Å². The molecule has 19 heavy (non-hydrogen) atoms. The van der Waals surface area contributed by atoms with Gasteiger partial charge in [0.25, 0.3) is 0 Å². The predicted molar refractivity (Wildman–Crippen MR) is 82.8 cm³/mol. The van der Waals surface area contributed by atoms with Crippen LogP contribution in [-0.2, 0) is 4.74 Å². The summed E-state index contributed by atoms with van der Waals surface area (Å²) in [5, 5.41) is 0. The zero-order valence-corrected chi connectivity index (χ0v) is 11.5. The van der Waals surface area contributed by atoms with E-state index in [1.165, 1.54) is 0 Å². The first kappa shape index (κ1) is 16.8. The Bertz CT molecular complexity index is 365. The third kappa shape index (κ3) is 6.36. The van der Waals surface area contributed by atoms with Crippen molar-refractivity contribution >= 4 is 0 Å². The maximum Gasteiger partial charge on any atom is 0.126 e. The van der Waals surface area contributed by atoms with Gasteiger partial charge in [-0.05, 0) is 0 Å². The number of nitrogens with two attached hydrogens (primary N) is 2. The molecule has 0 saturated carbocycles. The molecule has 4 N–H and O–H groups in total. The van der Waals surface area contributed by atoms with Gasteiger partial charge in [-0.1, -0.05) is 24.3 Å². The van der Waals surface area contributed by atoms with Gasteiger partial charge in [-0.3, -0.25) is 0 Å². The first-order valence-corrected chi connectivity index (χ1v) is 6.17. The molecule has 0 unspecified atom stereocenters. The van der Waals surface area contributed by atoms with Crippen molar-refractivity contribution in [2.75, 3.05) is 0 Å². The number of rotatable bonds is 10. The summed E-state index contributed by atoms with van der Waals surface area (Å²) in [4.78, 5) is 0. The fraction of sp³-hybridized carbons (Fsp3) is 0.250. The summed E-state index contributed by atoms with van der Waals surface area (Å²) >= 11 is 0. The zero-order valence-electron chi connectivity index (χ0n) is 11.5. The molecule has 104 valence electrons. The van der Waals surface area contributed by atoms with Gasteiger partial charge in [-0.15, -0.1) is 26.3 Å². The second-order valence-electron chi connectivity index (χ2n) is 3.97. The number of allylic oxidation sites excluding steroid dienone is 4. The molecule has 0 bridgehead atoms. The molecule has 0 saturated heterocycles. The van der Waals surface area contributed by atoms with Gasteiger partial charge in [0.1, 0.15) is 11.5 Å². The molecule has 0 atom stereocenters. The van der Waals surface area contributed by atoms with E-state index in [0.717, 1.165) is 0 Å². The van der Waals surface area contributed by atoms with Gasteiger partial charge in [-0.2, -0.15) is 0 Å². The van der Waals surface area contributed by atoms with Gasteiger partial charge in [0, 0.05) is 25.7 Å². The second kappa shape index (κ2) is 9.83. The van der Waals surface area contributed by atoms with Crippen molar-refractivity contribution in [1.29, 1.82) is 0 Å². The highest BCUT2D eigenvalue weighted by Crippen LogP contribution is 2.20. The van der Waals surface area contributed by atoms with Gasteiger partial charge in [0.15, 0.2) is 0 Å². The highest BCUT2D eigenvalue weighted by atomic mass is 16.5. The molecule has 0 aliphatic carbocycles. The molecular formula is C16H24N2O. The average Bonchev–Trinajstić information content (AvgIpc) is 2.37. The van der Waals surface area contributed by atoms with E-state index in [0.29, 0.717) is 48.6 Å². The lowest BCUT2D eigenvalue weighted by Gasteiger charge is -2.15. The molecule has 0 aromatic rings. The van der Waals surface area contributed by atoms with Crippen LogP contribution in [-0.4, -0.2) is 0 Å². The summed E-state index contributed by atoms with van der Waals surface area (Å²) in [5.74, 6) is 1.30. The normalized spacial score (nSPS) is 12.8. The Morgan fingerprint density at radius 1 is 0.684 bits per heavy atom. The van der Waals surface area contributed by atoms with Crippen LogP contribution in [0.25, 0.3) is 0 Å². The third-order valence-corrected chi connectivity index (χ3v) is 2.35. The summed E-state index contributed by atoms with van der Waals surface area (Å²) in [7, 11) is 0. The van der Waals surface area contributed by atoms with Crippen molar-refractivity contribution in [3.8, 4) is 0 Å².